The summed E-state index contributed by atoms with van der Waals surface area (Å²) in [5, 5.41) is 10.6. The smallest absolute Gasteiger partial charge is 0.261 e. The van der Waals surface area contributed by atoms with Crippen LogP contribution in [0.3, 0.4) is 0 Å². The molecule has 0 aromatic heterocycles. The van der Waals surface area contributed by atoms with Gasteiger partial charge in [-0.05, 0) is 42.0 Å². The van der Waals surface area contributed by atoms with E-state index in [1.54, 1.807) is 12.1 Å². The molecule has 0 saturated heterocycles. The SMILES string of the molecule is O=C([O-])c1ccc(NS(=O)(=O)c2ccc(Br)cc2)cc1. The van der Waals surface area contributed by atoms with Crippen molar-refractivity contribution in [2.75, 3.05) is 4.72 Å². The van der Waals surface area contributed by atoms with E-state index in [1.807, 2.05) is 0 Å². The van der Waals surface area contributed by atoms with Crippen LogP contribution < -0.4 is 9.83 Å². The van der Waals surface area contributed by atoms with Crippen molar-refractivity contribution in [2.24, 2.45) is 0 Å². The maximum atomic E-state index is 12.1. The minimum Gasteiger partial charge on any atom is -0.545 e. The summed E-state index contributed by atoms with van der Waals surface area (Å²) in [7, 11) is -3.70. The Bertz CT molecular complexity index is 724. The van der Waals surface area contributed by atoms with Crippen molar-refractivity contribution >= 4 is 37.6 Å². The van der Waals surface area contributed by atoms with Crippen LogP contribution in [0.1, 0.15) is 10.4 Å². The van der Waals surface area contributed by atoms with Gasteiger partial charge in [-0.15, -0.1) is 0 Å². The molecule has 0 bridgehead atoms. The van der Waals surface area contributed by atoms with Gasteiger partial charge in [0.25, 0.3) is 10.0 Å². The average Bonchev–Trinajstić information content (AvgIpc) is 2.39. The second-order valence-corrected chi connectivity index (χ2v) is 6.52. The molecule has 0 heterocycles. The molecule has 20 heavy (non-hydrogen) atoms. The second kappa shape index (κ2) is 5.64. The third-order valence-corrected chi connectivity index (χ3v) is 4.42. The molecule has 0 aliphatic heterocycles. The molecule has 2 aromatic rings. The highest BCUT2D eigenvalue weighted by Crippen LogP contribution is 2.18. The molecule has 2 rings (SSSR count). The van der Waals surface area contributed by atoms with Gasteiger partial charge in [0, 0.05) is 10.2 Å². The third-order valence-electron chi connectivity index (χ3n) is 2.50. The molecule has 0 aliphatic carbocycles. The summed E-state index contributed by atoms with van der Waals surface area (Å²) in [6.07, 6.45) is 0. The van der Waals surface area contributed by atoms with Crippen LogP contribution in [0.2, 0.25) is 0 Å². The normalized spacial score (nSPS) is 11.1. The number of carbonyl (C=O) groups excluding carboxylic acids is 1. The van der Waals surface area contributed by atoms with Gasteiger partial charge in [0.05, 0.1) is 10.9 Å². The summed E-state index contributed by atoms with van der Waals surface area (Å²) >= 11 is 3.22. The molecule has 5 nitrogen and oxygen atoms in total. The zero-order valence-electron chi connectivity index (χ0n) is 10.0. The number of carbonyl (C=O) groups is 1. The summed E-state index contributed by atoms with van der Waals surface area (Å²) in [6, 6.07) is 11.4. The van der Waals surface area contributed by atoms with Gasteiger partial charge in [-0.3, -0.25) is 4.72 Å². The molecular weight excluding hydrogens is 346 g/mol. The van der Waals surface area contributed by atoms with Crippen LogP contribution in [0, 0.1) is 0 Å². The molecule has 104 valence electrons. The minimum atomic E-state index is -3.70. The monoisotopic (exact) mass is 354 g/mol. The highest BCUT2D eigenvalue weighted by molar-refractivity contribution is 9.10. The topological polar surface area (TPSA) is 86.3 Å². The summed E-state index contributed by atoms with van der Waals surface area (Å²) in [5.41, 5.74) is 0.259. The van der Waals surface area contributed by atoms with Gasteiger partial charge in [-0.2, -0.15) is 0 Å². The van der Waals surface area contributed by atoms with Crippen molar-refractivity contribution in [2.45, 2.75) is 4.90 Å². The lowest BCUT2D eigenvalue weighted by Gasteiger charge is -2.09. The second-order valence-electron chi connectivity index (χ2n) is 3.92. The van der Waals surface area contributed by atoms with E-state index < -0.39 is 16.0 Å². The first kappa shape index (κ1) is 14.5. The van der Waals surface area contributed by atoms with Gasteiger partial charge in [-0.1, -0.05) is 28.1 Å². The number of halogens is 1. The number of aromatic carboxylic acids is 1. The fourth-order valence-electron chi connectivity index (χ4n) is 1.50. The third kappa shape index (κ3) is 3.37. The first-order valence-corrected chi connectivity index (χ1v) is 7.76. The fourth-order valence-corrected chi connectivity index (χ4v) is 2.83. The summed E-state index contributed by atoms with van der Waals surface area (Å²) < 4.78 is 27.3. The van der Waals surface area contributed by atoms with E-state index in [9.17, 15) is 18.3 Å². The standard InChI is InChI=1S/C13H10BrNO4S/c14-10-3-7-12(8-4-10)20(18,19)15-11-5-1-9(2-6-11)13(16)17/h1-8,15H,(H,16,17)/p-1. The first-order valence-electron chi connectivity index (χ1n) is 5.48. The van der Waals surface area contributed by atoms with Crippen LogP contribution in [0.5, 0.6) is 0 Å². The Kier molecular flexibility index (Phi) is 4.10. The number of carboxylic acids is 1. The molecule has 0 spiro atoms. The predicted octanol–water partition coefficient (Wildman–Crippen LogP) is 1.61. The Morgan fingerprint density at radius 1 is 1.00 bits per heavy atom. The number of hydrogen-bond acceptors (Lipinski definition) is 4. The number of sulfonamides is 1. The molecule has 7 heteroatoms. The van der Waals surface area contributed by atoms with Crippen LogP contribution >= 0.6 is 15.9 Å². The Morgan fingerprint density at radius 3 is 2.05 bits per heavy atom. The van der Waals surface area contributed by atoms with Gasteiger partial charge in [0.2, 0.25) is 0 Å². The van der Waals surface area contributed by atoms with Crippen molar-refractivity contribution in [3.63, 3.8) is 0 Å². The van der Waals surface area contributed by atoms with Crippen molar-refractivity contribution in [1.29, 1.82) is 0 Å². The van der Waals surface area contributed by atoms with Crippen LogP contribution in [0.25, 0.3) is 0 Å². The van der Waals surface area contributed by atoms with Gasteiger partial charge in [0.15, 0.2) is 0 Å². The van der Waals surface area contributed by atoms with Gasteiger partial charge < -0.3 is 9.90 Å². The molecule has 0 radical (unpaired) electrons. The maximum absolute atomic E-state index is 12.1. The molecule has 1 N–H and O–H groups in total. The van der Waals surface area contributed by atoms with Gasteiger partial charge in [0.1, 0.15) is 0 Å². The highest BCUT2D eigenvalue weighted by Gasteiger charge is 2.13. The summed E-state index contributed by atoms with van der Waals surface area (Å²) in [6.45, 7) is 0. The Hall–Kier alpha value is -1.86. The molecule has 0 amide bonds. The van der Waals surface area contributed by atoms with E-state index in [4.69, 9.17) is 0 Å². The van der Waals surface area contributed by atoms with Crippen molar-refractivity contribution in [3.05, 3.63) is 58.6 Å². The molecule has 2 aromatic carbocycles. The van der Waals surface area contributed by atoms with Crippen LogP contribution in [0.15, 0.2) is 57.9 Å². The minimum absolute atomic E-state index is 0.0170. The number of nitrogens with one attached hydrogen (secondary N) is 1. The Balaban J connectivity index is 2.24. The number of hydrogen-bond donors (Lipinski definition) is 1. The number of benzene rings is 2. The van der Waals surface area contributed by atoms with Crippen molar-refractivity contribution < 1.29 is 18.3 Å². The zero-order valence-corrected chi connectivity index (χ0v) is 12.4. The number of rotatable bonds is 4. The van der Waals surface area contributed by atoms with E-state index in [1.165, 1.54) is 36.4 Å². The Labute approximate surface area is 124 Å². The van der Waals surface area contributed by atoms with Crippen LogP contribution in [-0.2, 0) is 10.0 Å². The van der Waals surface area contributed by atoms with E-state index in [0.717, 1.165) is 4.47 Å². The molecule has 0 fully saturated rings. The van der Waals surface area contributed by atoms with Crippen molar-refractivity contribution in [3.8, 4) is 0 Å². The van der Waals surface area contributed by atoms with E-state index in [0.29, 0.717) is 0 Å². The lowest BCUT2D eigenvalue weighted by Crippen LogP contribution is -2.22. The molecule has 0 saturated carbocycles. The predicted molar refractivity (Wildman–Crippen MR) is 75.7 cm³/mol. The largest absolute Gasteiger partial charge is 0.545 e. The summed E-state index contributed by atoms with van der Waals surface area (Å²) in [4.78, 5) is 10.7. The van der Waals surface area contributed by atoms with E-state index in [2.05, 4.69) is 20.7 Å². The zero-order chi connectivity index (χ0) is 14.8. The summed E-state index contributed by atoms with van der Waals surface area (Å²) in [5.74, 6) is -1.31. The van der Waals surface area contributed by atoms with Crippen LogP contribution in [-0.4, -0.2) is 14.4 Å². The average molecular weight is 355 g/mol. The maximum Gasteiger partial charge on any atom is 0.261 e. The quantitative estimate of drug-likeness (QED) is 0.903. The fraction of sp³-hybridized carbons (Fsp3) is 0. The van der Waals surface area contributed by atoms with Crippen molar-refractivity contribution in [1.82, 2.24) is 0 Å². The molecule has 0 aliphatic rings. The number of anilines is 1. The van der Waals surface area contributed by atoms with E-state index in [-0.39, 0.29) is 16.1 Å². The van der Waals surface area contributed by atoms with Gasteiger partial charge >= 0.3 is 0 Å². The lowest BCUT2D eigenvalue weighted by molar-refractivity contribution is -0.255. The molecule has 0 atom stereocenters. The van der Waals surface area contributed by atoms with Crippen LogP contribution in [0.4, 0.5) is 5.69 Å². The first-order chi connectivity index (χ1) is 9.38. The highest BCUT2D eigenvalue weighted by atomic mass is 79.9. The van der Waals surface area contributed by atoms with Gasteiger partial charge in [-0.25, -0.2) is 8.42 Å². The molecule has 0 unspecified atom stereocenters. The van der Waals surface area contributed by atoms with E-state index >= 15 is 0 Å². The lowest BCUT2D eigenvalue weighted by atomic mass is 10.2. The number of carboxylic acid groups (broad SMARTS) is 1. The molecular formula is C13H9BrNO4S-. The Morgan fingerprint density at radius 2 is 1.55 bits per heavy atom.